The van der Waals surface area contributed by atoms with E-state index in [1.54, 1.807) is 6.20 Å². The summed E-state index contributed by atoms with van der Waals surface area (Å²) in [5.74, 6) is 0.673. The van der Waals surface area contributed by atoms with Gasteiger partial charge in [-0.05, 0) is 36.7 Å². The molecule has 0 bridgehead atoms. The Balaban J connectivity index is 1.96. The second-order valence-corrected chi connectivity index (χ2v) is 6.36. The zero-order valence-corrected chi connectivity index (χ0v) is 13.4. The van der Waals surface area contributed by atoms with Crippen molar-refractivity contribution in [1.82, 2.24) is 19.7 Å². The van der Waals surface area contributed by atoms with Gasteiger partial charge in [-0.15, -0.1) is 0 Å². The van der Waals surface area contributed by atoms with Gasteiger partial charge in [0.2, 0.25) is 5.91 Å². The van der Waals surface area contributed by atoms with E-state index in [1.807, 2.05) is 37.6 Å². The maximum absolute atomic E-state index is 11.7. The lowest BCUT2D eigenvalue weighted by Crippen LogP contribution is -2.41. The topological polar surface area (TPSA) is 71.3 Å². The molecule has 6 nitrogen and oxygen atoms in total. The molecule has 0 atom stereocenters. The lowest BCUT2D eigenvalue weighted by molar-refractivity contribution is -0.122. The summed E-state index contributed by atoms with van der Waals surface area (Å²) in [6.45, 7) is 6.39. The third-order valence-electron chi connectivity index (χ3n) is 2.50. The average Bonchev–Trinajstić information content (AvgIpc) is 2.74. The molecule has 1 amide bonds. The van der Waals surface area contributed by atoms with Crippen molar-refractivity contribution < 1.29 is 4.79 Å². The summed E-state index contributed by atoms with van der Waals surface area (Å²) in [4.78, 5) is 20.3. The summed E-state index contributed by atoms with van der Waals surface area (Å²) in [5, 5.41) is 6.07. The van der Waals surface area contributed by atoms with Crippen molar-refractivity contribution in [3.05, 3.63) is 23.2 Å². The van der Waals surface area contributed by atoms with Gasteiger partial charge in [0, 0.05) is 37.1 Å². The van der Waals surface area contributed by atoms with Gasteiger partial charge in [-0.1, -0.05) is 0 Å². The monoisotopic (exact) mass is 339 g/mol. The number of carbonyl (C=O) groups is 1. The Morgan fingerprint density at radius 1 is 1.45 bits per heavy atom. The summed E-state index contributed by atoms with van der Waals surface area (Å²) in [7, 11) is 0. The molecule has 20 heavy (non-hydrogen) atoms. The van der Waals surface area contributed by atoms with Crippen LogP contribution in [0.4, 0.5) is 5.82 Å². The fourth-order valence-corrected chi connectivity index (χ4v) is 2.19. The number of hydrogen-bond acceptors (Lipinski definition) is 4. The molecule has 0 saturated heterocycles. The Kier molecular flexibility index (Phi) is 4.27. The first-order valence-electron chi connectivity index (χ1n) is 6.39. The Hall–Kier alpha value is -1.63. The third kappa shape index (κ3) is 3.93. The van der Waals surface area contributed by atoms with Gasteiger partial charge in [0.25, 0.3) is 0 Å². The standard InChI is InChI=1S/C13H18BrN5O/c1-13(2,3)18-10(20)4-5-15-11-12-16-6-7-19(12)8-9(14)17-11/h6-8H,4-5H2,1-3H3,(H,15,17)(H,18,20). The number of aromatic nitrogens is 3. The summed E-state index contributed by atoms with van der Waals surface area (Å²) in [6.07, 6.45) is 5.78. The van der Waals surface area contributed by atoms with Gasteiger partial charge in [-0.25, -0.2) is 9.97 Å². The number of nitrogens with one attached hydrogen (secondary N) is 2. The minimum absolute atomic E-state index is 0.0133. The number of hydrogen-bond donors (Lipinski definition) is 2. The molecular weight excluding hydrogens is 322 g/mol. The largest absolute Gasteiger partial charge is 0.366 e. The molecule has 2 rings (SSSR count). The highest BCUT2D eigenvalue weighted by molar-refractivity contribution is 9.10. The normalized spacial score (nSPS) is 11.6. The second-order valence-electron chi connectivity index (χ2n) is 5.55. The highest BCUT2D eigenvalue weighted by Gasteiger charge is 2.13. The minimum Gasteiger partial charge on any atom is -0.366 e. The minimum atomic E-state index is -0.207. The van der Waals surface area contributed by atoms with Crippen LogP contribution in [0.2, 0.25) is 0 Å². The quantitative estimate of drug-likeness (QED) is 0.895. The predicted molar refractivity (Wildman–Crippen MR) is 81.7 cm³/mol. The van der Waals surface area contributed by atoms with Gasteiger partial charge in [0.1, 0.15) is 4.60 Å². The number of imidazole rings is 1. The molecule has 0 aliphatic rings. The summed E-state index contributed by atoms with van der Waals surface area (Å²) >= 11 is 3.35. The average molecular weight is 340 g/mol. The molecule has 7 heteroatoms. The predicted octanol–water partition coefficient (Wildman–Crippen LogP) is 2.21. The number of fused-ring (bicyclic) bond motifs is 1. The highest BCUT2D eigenvalue weighted by Crippen LogP contribution is 2.16. The first kappa shape index (κ1) is 14.8. The van der Waals surface area contributed by atoms with Crippen LogP contribution in [0.25, 0.3) is 5.65 Å². The number of carbonyl (C=O) groups excluding carboxylic acids is 1. The second kappa shape index (κ2) is 5.78. The van der Waals surface area contributed by atoms with E-state index < -0.39 is 0 Å². The molecule has 0 radical (unpaired) electrons. The Bertz CT molecular complexity index is 617. The first-order chi connectivity index (χ1) is 9.35. The van der Waals surface area contributed by atoms with Crippen molar-refractivity contribution in [1.29, 1.82) is 0 Å². The molecule has 0 unspecified atom stereocenters. The van der Waals surface area contributed by atoms with E-state index in [0.717, 1.165) is 5.65 Å². The zero-order valence-electron chi connectivity index (χ0n) is 11.8. The molecule has 0 spiro atoms. The number of nitrogens with zero attached hydrogens (tertiary/aromatic N) is 3. The molecule has 108 valence electrons. The maximum Gasteiger partial charge on any atom is 0.222 e. The SMILES string of the molecule is CC(C)(C)NC(=O)CCNc1nc(Br)cn2ccnc12. The van der Waals surface area contributed by atoms with E-state index in [4.69, 9.17) is 0 Å². The smallest absolute Gasteiger partial charge is 0.222 e. The molecule has 2 N–H and O–H groups in total. The Labute approximate surface area is 126 Å². The zero-order chi connectivity index (χ0) is 14.8. The summed E-state index contributed by atoms with van der Waals surface area (Å²) in [6, 6.07) is 0. The van der Waals surface area contributed by atoms with Crippen LogP contribution in [0.3, 0.4) is 0 Å². The van der Waals surface area contributed by atoms with Crippen molar-refractivity contribution in [2.24, 2.45) is 0 Å². The van der Waals surface area contributed by atoms with Gasteiger partial charge in [0.05, 0.1) is 0 Å². The number of amides is 1. The van der Waals surface area contributed by atoms with Crippen molar-refractivity contribution in [2.45, 2.75) is 32.7 Å². The van der Waals surface area contributed by atoms with Crippen LogP contribution in [-0.4, -0.2) is 32.4 Å². The molecule has 0 aliphatic carbocycles. The fraction of sp³-hybridized carbons (Fsp3) is 0.462. The first-order valence-corrected chi connectivity index (χ1v) is 7.18. The van der Waals surface area contributed by atoms with Gasteiger partial charge < -0.3 is 15.0 Å². The van der Waals surface area contributed by atoms with Crippen LogP contribution in [0, 0.1) is 0 Å². The Morgan fingerprint density at radius 2 is 2.20 bits per heavy atom. The summed E-state index contributed by atoms with van der Waals surface area (Å²) in [5.41, 5.74) is 0.533. The van der Waals surface area contributed by atoms with E-state index in [1.165, 1.54) is 0 Å². The van der Waals surface area contributed by atoms with Crippen molar-refractivity contribution in [3.63, 3.8) is 0 Å². The van der Waals surface area contributed by atoms with E-state index in [9.17, 15) is 4.79 Å². The highest BCUT2D eigenvalue weighted by atomic mass is 79.9. The van der Waals surface area contributed by atoms with Crippen LogP contribution < -0.4 is 10.6 Å². The van der Waals surface area contributed by atoms with E-state index >= 15 is 0 Å². The molecule has 2 aromatic heterocycles. The molecule has 0 aromatic carbocycles. The number of halogens is 1. The maximum atomic E-state index is 11.7. The van der Waals surface area contributed by atoms with Gasteiger partial charge >= 0.3 is 0 Å². The fourth-order valence-electron chi connectivity index (χ4n) is 1.79. The molecule has 0 aliphatic heterocycles. The van der Waals surface area contributed by atoms with Crippen LogP contribution in [-0.2, 0) is 4.79 Å². The summed E-state index contributed by atoms with van der Waals surface area (Å²) < 4.78 is 2.58. The third-order valence-corrected chi connectivity index (χ3v) is 2.89. The van der Waals surface area contributed by atoms with Crippen molar-refractivity contribution in [2.75, 3.05) is 11.9 Å². The van der Waals surface area contributed by atoms with Crippen LogP contribution in [0.15, 0.2) is 23.2 Å². The number of rotatable bonds is 4. The van der Waals surface area contributed by atoms with E-state index in [2.05, 4.69) is 36.5 Å². The lowest BCUT2D eigenvalue weighted by atomic mass is 10.1. The van der Waals surface area contributed by atoms with E-state index in [0.29, 0.717) is 23.4 Å². The molecular formula is C13H18BrN5O. The van der Waals surface area contributed by atoms with Crippen molar-refractivity contribution in [3.8, 4) is 0 Å². The van der Waals surface area contributed by atoms with Gasteiger partial charge in [0.15, 0.2) is 11.5 Å². The lowest BCUT2D eigenvalue weighted by Gasteiger charge is -2.20. The van der Waals surface area contributed by atoms with Crippen LogP contribution in [0.1, 0.15) is 27.2 Å². The van der Waals surface area contributed by atoms with Gasteiger partial charge in [-0.2, -0.15) is 0 Å². The molecule has 2 heterocycles. The van der Waals surface area contributed by atoms with Crippen molar-refractivity contribution >= 4 is 33.3 Å². The van der Waals surface area contributed by atoms with Crippen LogP contribution >= 0.6 is 15.9 Å². The molecule has 0 saturated carbocycles. The van der Waals surface area contributed by atoms with Crippen LogP contribution in [0.5, 0.6) is 0 Å². The van der Waals surface area contributed by atoms with E-state index in [-0.39, 0.29) is 11.4 Å². The molecule has 0 fully saturated rings. The number of anilines is 1. The molecule has 2 aromatic rings. The Morgan fingerprint density at radius 3 is 2.90 bits per heavy atom. The van der Waals surface area contributed by atoms with Gasteiger partial charge in [-0.3, -0.25) is 4.79 Å².